The van der Waals surface area contributed by atoms with Crippen LogP contribution in [0.15, 0.2) is 21.5 Å². The van der Waals surface area contributed by atoms with Crippen LogP contribution in [0.1, 0.15) is 24.9 Å². The molecule has 0 aromatic carbocycles. The molecule has 0 atom stereocenters. The fourth-order valence-corrected chi connectivity index (χ4v) is 2.87. The van der Waals surface area contributed by atoms with Crippen molar-refractivity contribution in [1.82, 2.24) is 4.90 Å². The summed E-state index contributed by atoms with van der Waals surface area (Å²) in [6.07, 6.45) is 2.65. The third-order valence-electron chi connectivity index (χ3n) is 2.36. The van der Waals surface area contributed by atoms with Crippen molar-refractivity contribution < 1.29 is 9.21 Å². The van der Waals surface area contributed by atoms with E-state index in [1.54, 1.807) is 11.0 Å². The van der Waals surface area contributed by atoms with Gasteiger partial charge in [-0.15, -0.1) is 0 Å². The highest BCUT2D eigenvalue weighted by atomic mass is 32.2. The van der Waals surface area contributed by atoms with Gasteiger partial charge in [0.05, 0.1) is 4.91 Å². The molecule has 5 heteroatoms. The van der Waals surface area contributed by atoms with Crippen molar-refractivity contribution in [2.24, 2.45) is 0 Å². The van der Waals surface area contributed by atoms with E-state index in [2.05, 4.69) is 0 Å². The van der Waals surface area contributed by atoms with Gasteiger partial charge in [0, 0.05) is 12.6 Å². The minimum Gasteiger partial charge on any atom is -0.462 e. The average Bonchev–Trinajstić information content (AvgIpc) is 2.79. The smallest absolute Gasteiger partial charge is 0.266 e. The molecule has 0 unspecified atom stereocenters. The van der Waals surface area contributed by atoms with Crippen LogP contribution in [-0.2, 0) is 4.79 Å². The fraction of sp³-hybridized carbons (Fsp3) is 0.333. The summed E-state index contributed by atoms with van der Waals surface area (Å²) in [7, 11) is 0. The number of nitrogens with zero attached hydrogens (tertiary/aromatic N) is 1. The number of furan rings is 1. The van der Waals surface area contributed by atoms with Gasteiger partial charge in [0.15, 0.2) is 0 Å². The van der Waals surface area contributed by atoms with E-state index in [9.17, 15) is 4.79 Å². The molecule has 0 N–H and O–H groups in total. The number of amides is 1. The Hall–Kier alpha value is -1.07. The van der Waals surface area contributed by atoms with E-state index in [-0.39, 0.29) is 5.91 Å². The maximum absolute atomic E-state index is 12.0. The number of aryl methyl sites for hydroxylation is 1. The lowest BCUT2D eigenvalue weighted by Crippen LogP contribution is -2.28. The van der Waals surface area contributed by atoms with Crippen LogP contribution in [0, 0.1) is 6.92 Å². The SMILES string of the molecule is CCCN1C(=O)/C(=C/c2ccc(C)o2)SC1=S. The van der Waals surface area contributed by atoms with Gasteiger partial charge in [-0.2, -0.15) is 0 Å². The summed E-state index contributed by atoms with van der Waals surface area (Å²) in [6.45, 7) is 4.58. The van der Waals surface area contributed by atoms with Crippen LogP contribution in [-0.4, -0.2) is 21.7 Å². The predicted octanol–water partition coefficient (Wildman–Crippen LogP) is 3.20. The topological polar surface area (TPSA) is 33.5 Å². The van der Waals surface area contributed by atoms with Crippen molar-refractivity contribution in [2.45, 2.75) is 20.3 Å². The number of hydrogen-bond acceptors (Lipinski definition) is 4. The van der Waals surface area contributed by atoms with Gasteiger partial charge in [-0.25, -0.2) is 0 Å². The summed E-state index contributed by atoms with van der Waals surface area (Å²) < 4.78 is 6.05. The van der Waals surface area contributed by atoms with Gasteiger partial charge in [0.25, 0.3) is 5.91 Å². The summed E-state index contributed by atoms with van der Waals surface area (Å²) in [4.78, 5) is 14.3. The standard InChI is InChI=1S/C12H13NO2S2/c1-3-6-13-11(14)10(17-12(13)16)7-9-5-4-8(2)15-9/h4-5,7H,3,6H2,1-2H3/b10-7-. The van der Waals surface area contributed by atoms with E-state index in [1.165, 1.54) is 11.8 Å². The lowest BCUT2D eigenvalue weighted by atomic mass is 10.3. The molecule has 1 aromatic heterocycles. The van der Waals surface area contributed by atoms with E-state index in [1.807, 2.05) is 26.0 Å². The van der Waals surface area contributed by atoms with E-state index >= 15 is 0 Å². The van der Waals surface area contributed by atoms with Gasteiger partial charge in [-0.05, 0) is 25.5 Å². The first-order valence-electron chi connectivity index (χ1n) is 5.43. The Balaban J connectivity index is 2.21. The molecule has 2 rings (SSSR count). The summed E-state index contributed by atoms with van der Waals surface area (Å²) in [5.41, 5.74) is 0. The summed E-state index contributed by atoms with van der Waals surface area (Å²) in [6, 6.07) is 3.72. The average molecular weight is 267 g/mol. The largest absolute Gasteiger partial charge is 0.462 e. The van der Waals surface area contributed by atoms with Crippen LogP contribution < -0.4 is 0 Å². The molecule has 1 aliphatic rings. The molecule has 3 nitrogen and oxygen atoms in total. The number of thioether (sulfide) groups is 1. The fourth-order valence-electron chi connectivity index (χ4n) is 1.58. The van der Waals surface area contributed by atoms with Crippen molar-refractivity contribution in [3.63, 3.8) is 0 Å². The van der Waals surface area contributed by atoms with Crippen LogP contribution in [0.2, 0.25) is 0 Å². The van der Waals surface area contributed by atoms with Gasteiger partial charge >= 0.3 is 0 Å². The Morgan fingerprint density at radius 2 is 2.29 bits per heavy atom. The molecule has 1 aromatic rings. The molecule has 2 heterocycles. The van der Waals surface area contributed by atoms with Crippen molar-refractivity contribution in [2.75, 3.05) is 6.54 Å². The van der Waals surface area contributed by atoms with Crippen molar-refractivity contribution >= 4 is 40.3 Å². The van der Waals surface area contributed by atoms with Crippen LogP contribution in [0.5, 0.6) is 0 Å². The van der Waals surface area contributed by atoms with Gasteiger partial charge in [0.1, 0.15) is 15.8 Å². The molecular weight excluding hydrogens is 254 g/mol. The highest BCUT2D eigenvalue weighted by Crippen LogP contribution is 2.32. The third kappa shape index (κ3) is 2.61. The maximum Gasteiger partial charge on any atom is 0.266 e. The van der Waals surface area contributed by atoms with Crippen LogP contribution >= 0.6 is 24.0 Å². The molecule has 1 fully saturated rings. The monoisotopic (exact) mass is 267 g/mol. The summed E-state index contributed by atoms with van der Waals surface area (Å²) >= 11 is 6.51. The Bertz CT molecular complexity index is 490. The molecule has 0 bridgehead atoms. The molecule has 1 saturated heterocycles. The van der Waals surface area contributed by atoms with E-state index in [0.29, 0.717) is 21.5 Å². The first kappa shape index (κ1) is 12.4. The zero-order chi connectivity index (χ0) is 12.4. The molecular formula is C12H13NO2S2. The second kappa shape index (κ2) is 5.06. The zero-order valence-electron chi connectivity index (χ0n) is 9.73. The number of carbonyl (C=O) groups is 1. The van der Waals surface area contributed by atoms with E-state index in [4.69, 9.17) is 16.6 Å². The highest BCUT2D eigenvalue weighted by molar-refractivity contribution is 8.26. The molecule has 0 aliphatic carbocycles. The van der Waals surface area contributed by atoms with Gasteiger partial charge < -0.3 is 4.42 Å². The first-order valence-corrected chi connectivity index (χ1v) is 6.66. The molecule has 0 radical (unpaired) electrons. The number of hydrogen-bond donors (Lipinski definition) is 0. The molecule has 1 amide bonds. The third-order valence-corrected chi connectivity index (χ3v) is 3.73. The van der Waals surface area contributed by atoms with Gasteiger partial charge in [0.2, 0.25) is 0 Å². The quantitative estimate of drug-likeness (QED) is 0.622. The number of rotatable bonds is 3. The minimum absolute atomic E-state index is 0.0177. The number of thiocarbonyl (C=S) groups is 1. The number of carbonyl (C=O) groups excluding carboxylic acids is 1. The zero-order valence-corrected chi connectivity index (χ0v) is 11.4. The summed E-state index contributed by atoms with van der Waals surface area (Å²) in [5.74, 6) is 1.51. The molecule has 0 spiro atoms. The first-order chi connectivity index (χ1) is 8.11. The molecule has 1 aliphatic heterocycles. The normalized spacial score (nSPS) is 18.5. The summed E-state index contributed by atoms with van der Waals surface area (Å²) in [5, 5.41) is 0. The Kier molecular flexibility index (Phi) is 3.69. The lowest BCUT2D eigenvalue weighted by Gasteiger charge is -2.11. The molecule has 17 heavy (non-hydrogen) atoms. The Labute approximate surface area is 110 Å². The van der Waals surface area contributed by atoms with Crippen molar-refractivity contribution in [1.29, 1.82) is 0 Å². The second-order valence-electron chi connectivity index (χ2n) is 3.78. The molecule has 0 saturated carbocycles. The molecule has 90 valence electrons. The van der Waals surface area contributed by atoms with Gasteiger partial charge in [-0.1, -0.05) is 30.9 Å². The van der Waals surface area contributed by atoms with E-state index < -0.39 is 0 Å². The van der Waals surface area contributed by atoms with Crippen molar-refractivity contribution in [3.05, 3.63) is 28.6 Å². The van der Waals surface area contributed by atoms with Crippen LogP contribution in [0.4, 0.5) is 0 Å². The van der Waals surface area contributed by atoms with Gasteiger partial charge in [-0.3, -0.25) is 9.69 Å². The van der Waals surface area contributed by atoms with E-state index in [0.717, 1.165) is 12.2 Å². The minimum atomic E-state index is -0.0177. The van der Waals surface area contributed by atoms with Crippen LogP contribution in [0.25, 0.3) is 6.08 Å². The highest BCUT2D eigenvalue weighted by Gasteiger charge is 2.31. The van der Waals surface area contributed by atoms with Crippen molar-refractivity contribution in [3.8, 4) is 0 Å². The lowest BCUT2D eigenvalue weighted by molar-refractivity contribution is -0.122. The maximum atomic E-state index is 12.0. The Morgan fingerprint density at radius 3 is 2.88 bits per heavy atom. The second-order valence-corrected chi connectivity index (χ2v) is 5.46. The Morgan fingerprint density at radius 1 is 1.53 bits per heavy atom. The predicted molar refractivity (Wildman–Crippen MR) is 73.6 cm³/mol. The van der Waals surface area contributed by atoms with Crippen LogP contribution in [0.3, 0.4) is 0 Å².